The summed E-state index contributed by atoms with van der Waals surface area (Å²) >= 11 is 7.43. The smallest absolute Gasteiger partial charge is 0.315 e. The van der Waals surface area contributed by atoms with E-state index in [4.69, 9.17) is 63.7 Å². The molecule has 1 aromatic rings. The molecule has 0 unspecified atom stereocenters. The second-order valence-corrected chi connectivity index (χ2v) is 16.1. The molecule has 0 saturated carbocycles. The fraction of sp³-hybridized carbons (Fsp3) is 0.881. The Bertz CT molecular complexity index is 1300. The fourth-order valence-electron chi connectivity index (χ4n) is 6.19. The van der Waals surface area contributed by atoms with Gasteiger partial charge < -0.3 is 74.2 Å². The molecule has 0 radical (unpaired) electrons. The Morgan fingerprint density at radius 3 is 1.78 bits per heavy atom. The van der Waals surface area contributed by atoms with Crippen molar-refractivity contribution in [1.82, 2.24) is 30.9 Å². The highest BCUT2D eigenvalue weighted by molar-refractivity contribution is 8.00. The molecule has 0 bridgehead atoms. The van der Waals surface area contributed by atoms with Gasteiger partial charge in [0, 0.05) is 49.3 Å². The van der Waals surface area contributed by atoms with Gasteiger partial charge in [0.25, 0.3) is 0 Å². The first-order valence-electron chi connectivity index (χ1n) is 22.3. The molecular weight excluding hydrogens is 894 g/mol. The van der Waals surface area contributed by atoms with Crippen molar-refractivity contribution in [3.63, 3.8) is 0 Å². The van der Waals surface area contributed by atoms with Gasteiger partial charge in [0.05, 0.1) is 164 Å². The van der Waals surface area contributed by atoms with Gasteiger partial charge in [-0.2, -0.15) is 11.8 Å². The van der Waals surface area contributed by atoms with Gasteiger partial charge in [0.1, 0.15) is 11.5 Å². The Labute approximate surface area is 395 Å². The number of nitrogens with two attached hydrogens (primary N) is 1. The summed E-state index contributed by atoms with van der Waals surface area (Å²) in [4.78, 5) is 35.7. The SMILES string of the molecule is C.O=C(CCCC[C@@H]1SC[C@H]2NC(=O)N[C@@H]12)CCCOCCn1cc(COCCOCCOCCOCCOCCC(=O)NCCOCCOCCOCCOCCOCCCl)nn1.[NH2-]. The third-order valence-electron chi connectivity index (χ3n) is 9.42. The Morgan fingerprint density at radius 2 is 1.18 bits per heavy atom. The molecule has 3 rings (SSSR count). The first-order chi connectivity index (χ1) is 31.0. The molecule has 380 valence electrons. The third-order valence-corrected chi connectivity index (χ3v) is 11.1. The van der Waals surface area contributed by atoms with Crippen LogP contribution in [0.25, 0.3) is 6.15 Å². The number of hydrogen-bond donors (Lipinski definition) is 3. The van der Waals surface area contributed by atoms with Crippen LogP contribution in [0, 0.1) is 0 Å². The molecule has 3 amide bonds. The number of halogens is 1. The van der Waals surface area contributed by atoms with E-state index in [0.29, 0.717) is 189 Å². The number of hydrogen-bond acceptors (Lipinski definition) is 17. The standard InChI is InChI=1S/C41H73ClN6O14S.CH4.H2N/c42-8-13-54-17-20-57-23-26-59-27-24-58-21-18-55-14-9-43-39(50)7-12-53-16-19-56-22-25-60-28-29-61-30-31-62-33-35-32-48(47-46-35)10-15-52-11-3-5-36(49)4-1-2-6-38-40-37(34-63-38)44-41(51)45-40;;/h32,37-38,40H,1-31,33-34H2,(H,43,50)(H2,44,45,51);1H4;1H2/q;;-1/t37-,38+,40-;;/m1../s1. The zero-order valence-electron chi connectivity index (χ0n) is 37.6. The summed E-state index contributed by atoms with van der Waals surface area (Å²) in [5.41, 5.74) is 0.727. The molecule has 65 heavy (non-hydrogen) atoms. The summed E-state index contributed by atoms with van der Waals surface area (Å²) in [6.07, 6.45) is 6.86. The number of carbonyl (C=O) groups excluding carboxylic acids is 3. The van der Waals surface area contributed by atoms with E-state index in [1.165, 1.54) is 0 Å². The molecule has 5 N–H and O–H groups in total. The fourth-order valence-corrected chi connectivity index (χ4v) is 7.84. The lowest BCUT2D eigenvalue weighted by Crippen LogP contribution is -2.36. The van der Waals surface area contributed by atoms with Crippen LogP contribution in [-0.2, 0) is 74.8 Å². The number of nitrogens with zero attached hydrogens (tertiary/aromatic N) is 3. The highest BCUT2D eigenvalue weighted by Crippen LogP contribution is 2.33. The topological polar surface area (TPSA) is 253 Å². The van der Waals surface area contributed by atoms with E-state index in [0.717, 1.165) is 30.7 Å². The molecule has 1 aromatic heterocycles. The maximum atomic E-state index is 12.3. The van der Waals surface area contributed by atoms with Crippen molar-refractivity contribution in [3.05, 3.63) is 18.0 Å². The number of carbonyl (C=O) groups is 3. The summed E-state index contributed by atoms with van der Waals surface area (Å²) in [6.45, 7) is 10.9. The van der Waals surface area contributed by atoms with Gasteiger partial charge in [-0.3, -0.25) is 9.59 Å². The summed E-state index contributed by atoms with van der Waals surface area (Å²) in [6, 6.07) is 0.413. The molecule has 3 heterocycles. The van der Waals surface area contributed by atoms with E-state index in [-0.39, 0.29) is 49.8 Å². The number of nitrogens with one attached hydrogen (secondary N) is 3. The van der Waals surface area contributed by atoms with Crippen molar-refractivity contribution in [2.75, 3.05) is 157 Å². The minimum atomic E-state index is -0.0976. The van der Waals surface area contributed by atoms with E-state index in [1.54, 1.807) is 4.68 Å². The van der Waals surface area contributed by atoms with E-state index in [2.05, 4.69) is 26.3 Å². The van der Waals surface area contributed by atoms with Crippen molar-refractivity contribution in [3.8, 4) is 0 Å². The number of alkyl halides is 1. The lowest BCUT2D eigenvalue weighted by atomic mass is 10.0. The van der Waals surface area contributed by atoms with Crippen LogP contribution in [0.5, 0.6) is 0 Å². The first-order valence-corrected chi connectivity index (χ1v) is 23.9. The molecule has 21 nitrogen and oxygen atoms in total. The predicted molar refractivity (Wildman–Crippen MR) is 246 cm³/mol. The molecular formula is C42H79ClN7O14S-. The molecule has 0 aromatic carbocycles. The minimum absolute atomic E-state index is 0. The van der Waals surface area contributed by atoms with Crippen molar-refractivity contribution in [1.29, 1.82) is 0 Å². The number of thioether (sulfide) groups is 1. The number of urea groups is 1. The number of amides is 3. The van der Waals surface area contributed by atoms with E-state index >= 15 is 0 Å². The largest absolute Gasteiger partial charge is 0.693 e. The number of unbranched alkanes of at least 4 members (excludes halogenated alkanes) is 1. The Hall–Kier alpha value is -2.29. The maximum Gasteiger partial charge on any atom is 0.315 e. The van der Waals surface area contributed by atoms with Crippen molar-refractivity contribution in [2.24, 2.45) is 0 Å². The molecule has 23 heteroatoms. The van der Waals surface area contributed by atoms with Crippen LogP contribution in [0.2, 0.25) is 0 Å². The summed E-state index contributed by atoms with van der Waals surface area (Å²) in [5.74, 6) is 1.62. The monoisotopic (exact) mass is 973 g/mol. The Kier molecular flexibility index (Phi) is 40.2. The van der Waals surface area contributed by atoms with Crippen LogP contribution in [0.1, 0.15) is 58.1 Å². The van der Waals surface area contributed by atoms with Crippen LogP contribution in [-0.4, -0.2) is 207 Å². The average molecular weight is 974 g/mol. The number of ether oxygens (including phenoxy) is 11. The zero-order chi connectivity index (χ0) is 44.7. The molecule has 0 spiro atoms. The van der Waals surface area contributed by atoms with Gasteiger partial charge in [-0.05, 0) is 19.3 Å². The van der Waals surface area contributed by atoms with Gasteiger partial charge in [-0.1, -0.05) is 19.1 Å². The summed E-state index contributed by atoms with van der Waals surface area (Å²) in [7, 11) is 0. The van der Waals surface area contributed by atoms with Crippen molar-refractivity contribution in [2.45, 2.75) is 82.9 Å². The van der Waals surface area contributed by atoms with Gasteiger partial charge in [-0.25, -0.2) is 9.48 Å². The van der Waals surface area contributed by atoms with E-state index in [9.17, 15) is 14.4 Å². The number of aromatic nitrogens is 3. The molecule has 0 aliphatic carbocycles. The van der Waals surface area contributed by atoms with Crippen molar-refractivity contribution >= 4 is 41.1 Å². The Morgan fingerprint density at radius 1 is 0.662 bits per heavy atom. The Balaban J connectivity index is 0.0000106. The lowest BCUT2D eigenvalue weighted by Gasteiger charge is -2.16. The molecule has 3 atom stereocenters. The third kappa shape index (κ3) is 33.0. The van der Waals surface area contributed by atoms with E-state index in [1.807, 2.05) is 18.0 Å². The highest BCUT2D eigenvalue weighted by Gasteiger charge is 2.42. The second-order valence-electron chi connectivity index (χ2n) is 14.4. The summed E-state index contributed by atoms with van der Waals surface area (Å²) < 4.78 is 62.0. The van der Waals surface area contributed by atoms with Crippen LogP contribution in [0.15, 0.2) is 6.20 Å². The van der Waals surface area contributed by atoms with Crippen LogP contribution >= 0.6 is 23.4 Å². The minimum Gasteiger partial charge on any atom is -0.693 e. The number of fused-ring (bicyclic) bond motifs is 1. The molecule has 2 fully saturated rings. The maximum absolute atomic E-state index is 12.3. The van der Waals surface area contributed by atoms with Gasteiger partial charge in [-0.15, -0.1) is 16.7 Å². The van der Waals surface area contributed by atoms with Gasteiger partial charge >= 0.3 is 6.03 Å². The highest BCUT2D eigenvalue weighted by atomic mass is 35.5. The van der Waals surface area contributed by atoms with Crippen LogP contribution in [0.4, 0.5) is 4.79 Å². The number of Topliss-reactive ketones (excluding diaryl/α,β-unsaturated/α-hetero) is 1. The molecule has 2 aliphatic rings. The molecule has 2 saturated heterocycles. The van der Waals surface area contributed by atoms with Gasteiger partial charge in [0.15, 0.2) is 0 Å². The van der Waals surface area contributed by atoms with Crippen molar-refractivity contribution < 1.29 is 66.5 Å². The van der Waals surface area contributed by atoms with Crippen LogP contribution in [0.3, 0.4) is 0 Å². The lowest BCUT2D eigenvalue weighted by molar-refractivity contribution is -0.122. The predicted octanol–water partition coefficient (Wildman–Crippen LogP) is 3.13. The first kappa shape index (κ1) is 60.7. The van der Waals surface area contributed by atoms with Gasteiger partial charge in [0.2, 0.25) is 5.91 Å². The quantitative estimate of drug-likeness (QED) is 0.0482. The number of ketones is 1. The van der Waals surface area contributed by atoms with E-state index < -0.39 is 0 Å². The summed E-state index contributed by atoms with van der Waals surface area (Å²) in [5, 5.41) is 17.5. The normalized spacial score (nSPS) is 16.4. The number of rotatable bonds is 46. The van der Waals surface area contributed by atoms with Crippen LogP contribution < -0.4 is 16.0 Å². The molecule has 2 aliphatic heterocycles. The zero-order valence-corrected chi connectivity index (χ0v) is 39.1. The second kappa shape index (κ2) is 43.0. The average Bonchev–Trinajstić information content (AvgIpc) is 4.00.